The summed E-state index contributed by atoms with van der Waals surface area (Å²) >= 11 is 6.47. The number of nitrogens with zero attached hydrogens (tertiary/aromatic N) is 1. The topological polar surface area (TPSA) is 22.1 Å². The molecule has 1 aromatic carbocycles. The lowest BCUT2D eigenvalue weighted by Crippen LogP contribution is -1.99. The van der Waals surface area contributed by atoms with Crippen molar-refractivity contribution in [3.8, 4) is 5.75 Å². The number of hydrogen-bond donors (Lipinski definition) is 0. The van der Waals surface area contributed by atoms with Gasteiger partial charge in [-0.25, -0.2) is 0 Å². The van der Waals surface area contributed by atoms with Crippen LogP contribution in [0.2, 0.25) is 0 Å². The molecule has 0 N–H and O–H groups in total. The van der Waals surface area contributed by atoms with Gasteiger partial charge in [-0.2, -0.15) is 0 Å². The SMILES string of the molecule is CCCOc1cccc(C(Cl)Cc2ccncc2)c1. The molecule has 3 heteroatoms. The Morgan fingerprint density at radius 1 is 1.21 bits per heavy atom. The van der Waals surface area contributed by atoms with Crippen LogP contribution in [0.4, 0.5) is 0 Å². The number of benzene rings is 1. The van der Waals surface area contributed by atoms with Crippen molar-refractivity contribution >= 4 is 11.6 Å². The highest BCUT2D eigenvalue weighted by molar-refractivity contribution is 6.20. The molecule has 0 saturated carbocycles. The number of aromatic nitrogens is 1. The Bertz CT molecular complexity index is 501. The predicted molar refractivity (Wildman–Crippen MR) is 78.8 cm³/mol. The van der Waals surface area contributed by atoms with Crippen molar-refractivity contribution in [1.29, 1.82) is 0 Å². The van der Waals surface area contributed by atoms with Crippen LogP contribution < -0.4 is 4.74 Å². The van der Waals surface area contributed by atoms with Crippen molar-refractivity contribution in [2.24, 2.45) is 0 Å². The Hall–Kier alpha value is -1.54. The first kappa shape index (κ1) is 13.9. The first-order valence-electron chi connectivity index (χ1n) is 6.55. The lowest BCUT2D eigenvalue weighted by atomic mass is 10.0. The van der Waals surface area contributed by atoms with Crippen LogP contribution in [-0.2, 0) is 6.42 Å². The number of alkyl halides is 1. The smallest absolute Gasteiger partial charge is 0.119 e. The molecule has 0 bridgehead atoms. The molecular formula is C16H18ClNO. The molecule has 1 heterocycles. The molecule has 19 heavy (non-hydrogen) atoms. The largest absolute Gasteiger partial charge is 0.494 e. The van der Waals surface area contributed by atoms with Crippen LogP contribution in [0, 0.1) is 0 Å². The third-order valence-corrected chi connectivity index (χ3v) is 3.26. The highest BCUT2D eigenvalue weighted by atomic mass is 35.5. The summed E-state index contributed by atoms with van der Waals surface area (Å²) in [4.78, 5) is 4.01. The van der Waals surface area contributed by atoms with E-state index in [-0.39, 0.29) is 5.38 Å². The van der Waals surface area contributed by atoms with Gasteiger partial charge in [0.05, 0.1) is 12.0 Å². The molecule has 0 spiro atoms. The van der Waals surface area contributed by atoms with E-state index in [0.29, 0.717) is 0 Å². The van der Waals surface area contributed by atoms with Crippen molar-refractivity contribution in [1.82, 2.24) is 4.98 Å². The van der Waals surface area contributed by atoms with E-state index in [9.17, 15) is 0 Å². The second-order valence-electron chi connectivity index (χ2n) is 4.45. The maximum Gasteiger partial charge on any atom is 0.119 e. The van der Waals surface area contributed by atoms with Crippen LogP contribution in [-0.4, -0.2) is 11.6 Å². The Balaban J connectivity index is 2.04. The molecule has 0 aliphatic heterocycles. The fourth-order valence-electron chi connectivity index (χ4n) is 1.86. The molecule has 0 aliphatic carbocycles. The molecule has 1 aromatic heterocycles. The van der Waals surface area contributed by atoms with E-state index < -0.39 is 0 Å². The molecule has 100 valence electrons. The quantitative estimate of drug-likeness (QED) is 0.729. The third-order valence-electron chi connectivity index (χ3n) is 2.86. The molecule has 2 aromatic rings. The Kier molecular flexibility index (Phi) is 5.22. The van der Waals surface area contributed by atoms with Crippen molar-refractivity contribution in [2.75, 3.05) is 6.61 Å². The van der Waals surface area contributed by atoms with Gasteiger partial charge in [0.15, 0.2) is 0 Å². The Labute approximate surface area is 119 Å². The van der Waals surface area contributed by atoms with E-state index in [4.69, 9.17) is 16.3 Å². The van der Waals surface area contributed by atoms with Gasteiger partial charge >= 0.3 is 0 Å². The van der Waals surface area contributed by atoms with Crippen LogP contribution >= 0.6 is 11.6 Å². The number of ether oxygens (including phenoxy) is 1. The summed E-state index contributed by atoms with van der Waals surface area (Å²) in [5.74, 6) is 0.889. The van der Waals surface area contributed by atoms with Gasteiger partial charge in [-0.3, -0.25) is 4.98 Å². The van der Waals surface area contributed by atoms with Crippen LogP contribution in [0.25, 0.3) is 0 Å². The van der Waals surface area contributed by atoms with Gasteiger partial charge < -0.3 is 4.74 Å². The van der Waals surface area contributed by atoms with Crippen LogP contribution in [0.15, 0.2) is 48.8 Å². The summed E-state index contributed by atoms with van der Waals surface area (Å²) in [6.45, 7) is 2.83. The number of pyridine rings is 1. The van der Waals surface area contributed by atoms with Crippen molar-refractivity contribution in [3.63, 3.8) is 0 Å². The number of halogens is 1. The second-order valence-corrected chi connectivity index (χ2v) is 4.97. The van der Waals surface area contributed by atoms with Gasteiger partial charge in [0.2, 0.25) is 0 Å². The minimum atomic E-state index is -0.0485. The molecule has 0 saturated heterocycles. The van der Waals surface area contributed by atoms with Gasteiger partial charge in [-0.05, 0) is 48.2 Å². The zero-order valence-corrected chi connectivity index (χ0v) is 11.8. The predicted octanol–water partition coefficient (Wildman–Crippen LogP) is 4.39. The summed E-state index contributed by atoms with van der Waals surface area (Å²) < 4.78 is 5.63. The van der Waals surface area contributed by atoms with E-state index in [1.807, 2.05) is 36.4 Å². The lowest BCUT2D eigenvalue weighted by Gasteiger charge is -2.12. The average Bonchev–Trinajstić information content (AvgIpc) is 2.46. The highest BCUT2D eigenvalue weighted by Gasteiger charge is 2.09. The minimum Gasteiger partial charge on any atom is -0.494 e. The zero-order valence-electron chi connectivity index (χ0n) is 11.1. The fraction of sp³-hybridized carbons (Fsp3) is 0.312. The van der Waals surface area contributed by atoms with E-state index >= 15 is 0 Å². The summed E-state index contributed by atoms with van der Waals surface area (Å²) in [6, 6.07) is 12.0. The molecule has 2 nitrogen and oxygen atoms in total. The zero-order chi connectivity index (χ0) is 13.5. The van der Waals surface area contributed by atoms with Crippen molar-refractivity contribution in [2.45, 2.75) is 25.1 Å². The minimum absolute atomic E-state index is 0.0485. The molecule has 0 aliphatic rings. The van der Waals surface area contributed by atoms with Gasteiger partial charge in [0.25, 0.3) is 0 Å². The number of hydrogen-bond acceptors (Lipinski definition) is 2. The number of rotatable bonds is 6. The summed E-state index contributed by atoms with van der Waals surface area (Å²) in [6.07, 6.45) is 5.38. The standard InChI is InChI=1S/C16H18ClNO/c1-2-10-19-15-5-3-4-14(12-15)16(17)11-13-6-8-18-9-7-13/h3-9,12,16H,2,10-11H2,1H3. The molecule has 0 fully saturated rings. The van der Waals surface area contributed by atoms with Crippen LogP contribution in [0.5, 0.6) is 5.75 Å². The van der Waals surface area contributed by atoms with E-state index in [1.54, 1.807) is 12.4 Å². The maximum absolute atomic E-state index is 6.47. The maximum atomic E-state index is 6.47. The van der Waals surface area contributed by atoms with E-state index in [0.717, 1.165) is 30.8 Å². The lowest BCUT2D eigenvalue weighted by molar-refractivity contribution is 0.317. The molecule has 1 unspecified atom stereocenters. The Morgan fingerprint density at radius 3 is 2.74 bits per heavy atom. The van der Waals surface area contributed by atoms with Gasteiger partial charge in [0.1, 0.15) is 5.75 Å². The molecule has 2 rings (SSSR count). The van der Waals surface area contributed by atoms with E-state index in [1.165, 1.54) is 5.56 Å². The monoisotopic (exact) mass is 275 g/mol. The average molecular weight is 276 g/mol. The van der Waals surface area contributed by atoms with Crippen molar-refractivity contribution in [3.05, 3.63) is 59.9 Å². The fourth-order valence-corrected chi connectivity index (χ4v) is 2.18. The summed E-state index contributed by atoms with van der Waals surface area (Å²) in [5, 5.41) is -0.0485. The van der Waals surface area contributed by atoms with Gasteiger partial charge in [-0.1, -0.05) is 19.1 Å². The Morgan fingerprint density at radius 2 is 2.00 bits per heavy atom. The van der Waals surface area contributed by atoms with Gasteiger partial charge in [0, 0.05) is 12.4 Å². The molecular weight excluding hydrogens is 258 g/mol. The summed E-state index contributed by atoms with van der Waals surface area (Å²) in [7, 11) is 0. The first-order valence-corrected chi connectivity index (χ1v) is 6.99. The summed E-state index contributed by atoms with van der Waals surface area (Å²) in [5.41, 5.74) is 2.28. The van der Waals surface area contributed by atoms with Crippen LogP contribution in [0.1, 0.15) is 29.8 Å². The van der Waals surface area contributed by atoms with E-state index in [2.05, 4.69) is 11.9 Å². The van der Waals surface area contributed by atoms with Gasteiger partial charge in [-0.15, -0.1) is 11.6 Å². The second kappa shape index (κ2) is 7.15. The highest BCUT2D eigenvalue weighted by Crippen LogP contribution is 2.27. The van der Waals surface area contributed by atoms with Crippen molar-refractivity contribution < 1.29 is 4.74 Å². The van der Waals surface area contributed by atoms with Crippen LogP contribution in [0.3, 0.4) is 0 Å². The normalized spacial score (nSPS) is 12.1. The third kappa shape index (κ3) is 4.25. The first-order chi connectivity index (χ1) is 9.29. The molecule has 1 atom stereocenters. The molecule has 0 amide bonds. The molecule has 0 radical (unpaired) electrons.